The highest BCUT2D eigenvalue weighted by Gasteiger charge is 2.30. The second-order valence-corrected chi connectivity index (χ2v) is 8.39. The molecule has 2 aromatic rings. The predicted molar refractivity (Wildman–Crippen MR) is 123 cm³/mol. The molecule has 0 bridgehead atoms. The van der Waals surface area contributed by atoms with Gasteiger partial charge in [-0.15, -0.1) is 0 Å². The zero-order valence-electron chi connectivity index (χ0n) is 19.2. The number of nitrogens with zero attached hydrogens (tertiary/aromatic N) is 2. The molecule has 180 valence electrons. The molecule has 0 spiro atoms. The maximum absolute atomic E-state index is 14.7. The van der Waals surface area contributed by atoms with Crippen LogP contribution in [0.5, 0.6) is 0 Å². The minimum atomic E-state index is -2.44. The number of amides is 1. The summed E-state index contributed by atoms with van der Waals surface area (Å²) in [5.74, 6) is -1.15. The largest absolute Gasteiger partial charge is 0.346 e. The summed E-state index contributed by atoms with van der Waals surface area (Å²) >= 11 is 0. The maximum atomic E-state index is 14.7. The number of benzene rings is 2. The van der Waals surface area contributed by atoms with Crippen molar-refractivity contribution >= 4 is 12.0 Å². The number of alkyl halides is 2. The highest BCUT2D eigenvalue weighted by Crippen LogP contribution is 2.33. The van der Waals surface area contributed by atoms with Crippen molar-refractivity contribution in [3.05, 3.63) is 77.4 Å². The van der Waals surface area contributed by atoms with E-state index in [-0.39, 0.29) is 12.1 Å². The maximum Gasteiger partial charge on any atom is 0.251 e. The van der Waals surface area contributed by atoms with Crippen LogP contribution in [-0.4, -0.2) is 63.4 Å². The number of nitrogens with one attached hydrogen (secondary N) is 1. The van der Waals surface area contributed by atoms with E-state index in [9.17, 15) is 22.4 Å². The second kappa shape index (κ2) is 12.5. The van der Waals surface area contributed by atoms with Crippen LogP contribution in [0.1, 0.15) is 24.0 Å². The zero-order valence-corrected chi connectivity index (χ0v) is 19.2. The Kier molecular flexibility index (Phi) is 10.1. The number of rotatable bonds is 13. The first kappa shape index (κ1) is 26.5. The van der Waals surface area contributed by atoms with E-state index in [1.807, 2.05) is 49.3 Å². The third-order valence-electron chi connectivity index (χ3n) is 5.35. The van der Waals surface area contributed by atoms with Crippen LogP contribution in [0.4, 0.5) is 17.6 Å². The second-order valence-electron chi connectivity index (χ2n) is 8.39. The highest BCUT2D eigenvalue weighted by molar-refractivity contribution is 5.70. The summed E-state index contributed by atoms with van der Waals surface area (Å²) in [7, 11) is 5.22. The van der Waals surface area contributed by atoms with E-state index >= 15 is 0 Å². The van der Waals surface area contributed by atoms with Gasteiger partial charge in [0.05, 0.1) is 12.1 Å². The Morgan fingerprint density at radius 3 is 2.39 bits per heavy atom. The Hall–Kier alpha value is -2.71. The predicted octanol–water partition coefficient (Wildman–Crippen LogP) is 4.53. The zero-order chi connectivity index (χ0) is 24.4. The van der Waals surface area contributed by atoms with E-state index in [0.29, 0.717) is 37.9 Å². The van der Waals surface area contributed by atoms with Crippen molar-refractivity contribution < 1.29 is 22.4 Å². The Bertz CT molecular complexity index is 921. The van der Waals surface area contributed by atoms with Crippen molar-refractivity contribution in [2.24, 2.45) is 0 Å². The van der Waals surface area contributed by atoms with Gasteiger partial charge in [-0.2, -0.15) is 0 Å². The van der Waals surface area contributed by atoms with E-state index in [1.54, 1.807) is 13.1 Å². The molecule has 0 heterocycles. The summed E-state index contributed by atoms with van der Waals surface area (Å²) in [6.07, 6.45) is 0.737. The molecule has 0 aliphatic heterocycles. The summed E-state index contributed by atoms with van der Waals surface area (Å²) in [5, 5.41) is 2.88. The fourth-order valence-corrected chi connectivity index (χ4v) is 3.88. The van der Waals surface area contributed by atoms with E-state index < -0.39 is 23.6 Å². The first-order chi connectivity index (χ1) is 15.7. The molecular weight excluding hydrogens is 434 g/mol. The lowest BCUT2D eigenvalue weighted by Gasteiger charge is -2.33. The van der Waals surface area contributed by atoms with Gasteiger partial charge in [-0.1, -0.05) is 30.3 Å². The van der Waals surface area contributed by atoms with Gasteiger partial charge in [0.2, 0.25) is 6.41 Å². The number of halogens is 4. The lowest BCUT2D eigenvalue weighted by Crippen LogP contribution is -2.41. The van der Waals surface area contributed by atoms with E-state index in [2.05, 4.69) is 5.32 Å². The van der Waals surface area contributed by atoms with Crippen molar-refractivity contribution in [3.63, 3.8) is 0 Å². The molecule has 1 amide bonds. The molecule has 2 aromatic carbocycles. The quantitative estimate of drug-likeness (QED) is 0.349. The Morgan fingerprint density at radius 1 is 1.09 bits per heavy atom. The van der Waals surface area contributed by atoms with Crippen LogP contribution in [-0.2, 0) is 10.3 Å². The van der Waals surface area contributed by atoms with Crippen molar-refractivity contribution in [1.29, 1.82) is 0 Å². The lowest BCUT2D eigenvalue weighted by molar-refractivity contribution is -0.111. The Labute approximate surface area is 192 Å². The molecule has 0 aliphatic carbocycles. The minimum Gasteiger partial charge on any atom is -0.346 e. The van der Waals surface area contributed by atoms with Crippen LogP contribution in [0.3, 0.4) is 0 Å². The summed E-state index contributed by atoms with van der Waals surface area (Å²) in [5.41, 5.74) is 0.308. The van der Waals surface area contributed by atoms with Crippen LogP contribution < -0.4 is 5.32 Å². The van der Waals surface area contributed by atoms with Gasteiger partial charge in [0.15, 0.2) is 0 Å². The van der Waals surface area contributed by atoms with Gasteiger partial charge < -0.3 is 15.1 Å². The summed E-state index contributed by atoms with van der Waals surface area (Å²) in [4.78, 5) is 15.1. The normalized spacial score (nSPS) is 14.1. The van der Waals surface area contributed by atoms with Gasteiger partial charge in [-0.3, -0.25) is 4.79 Å². The third kappa shape index (κ3) is 7.98. The van der Waals surface area contributed by atoms with E-state index in [4.69, 9.17) is 0 Å². The van der Waals surface area contributed by atoms with Crippen molar-refractivity contribution in [1.82, 2.24) is 15.1 Å². The third-order valence-corrected chi connectivity index (χ3v) is 5.35. The fourth-order valence-electron chi connectivity index (χ4n) is 3.88. The summed E-state index contributed by atoms with van der Waals surface area (Å²) in [6.45, 7) is 0.321. The molecule has 8 heteroatoms. The smallest absolute Gasteiger partial charge is 0.251 e. The molecule has 0 radical (unpaired) electrons. The van der Waals surface area contributed by atoms with Crippen molar-refractivity contribution in [2.45, 2.75) is 24.8 Å². The van der Waals surface area contributed by atoms with Gasteiger partial charge in [0, 0.05) is 12.1 Å². The van der Waals surface area contributed by atoms with E-state index in [1.165, 1.54) is 4.90 Å². The average molecular weight is 466 g/mol. The summed E-state index contributed by atoms with van der Waals surface area (Å²) in [6, 6.07) is 12.4. The van der Waals surface area contributed by atoms with Gasteiger partial charge in [0.1, 0.15) is 11.6 Å². The highest BCUT2D eigenvalue weighted by atomic mass is 19.3. The Balaban J connectivity index is 2.55. The SMILES string of the molecule is CN(C)C/C(=C\C(CCCN(C)CC(F)F)(NC=O)c1ccccc1)c1cc(F)ccc1F. The van der Waals surface area contributed by atoms with Crippen molar-refractivity contribution in [2.75, 3.05) is 40.8 Å². The number of likely N-dealkylation sites (N-methyl/N-ethyl adjacent to an activating group) is 1. The van der Waals surface area contributed by atoms with Crippen LogP contribution in [0.15, 0.2) is 54.6 Å². The first-order valence-corrected chi connectivity index (χ1v) is 10.7. The monoisotopic (exact) mass is 465 g/mol. The molecular formula is C25H31F4N3O. The topological polar surface area (TPSA) is 35.6 Å². The standard InChI is InChI=1S/C25H31F4N3O/c1-31(2)16-19(22-14-21(26)10-11-23(22)27)15-25(30-18-33,20-8-5-4-6-9-20)12-7-13-32(3)17-24(28)29/h4-6,8-11,14-15,18,24H,7,12-13,16-17H2,1-3H3,(H,30,33)/b19-15+. The molecule has 0 fully saturated rings. The number of hydrogen-bond donors (Lipinski definition) is 1. The fraction of sp³-hybridized carbons (Fsp3) is 0.400. The molecule has 1 unspecified atom stereocenters. The molecule has 1 atom stereocenters. The van der Waals surface area contributed by atoms with Crippen molar-refractivity contribution in [3.8, 4) is 0 Å². The average Bonchev–Trinajstić information content (AvgIpc) is 2.74. The van der Waals surface area contributed by atoms with Crippen LogP contribution in [0, 0.1) is 11.6 Å². The molecule has 1 N–H and O–H groups in total. The molecule has 0 aliphatic rings. The van der Waals surface area contributed by atoms with Crippen LogP contribution in [0.2, 0.25) is 0 Å². The molecule has 0 aromatic heterocycles. The molecule has 2 rings (SSSR count). The van der Waals surface area contributed by atoms with Crippen LogP contribution >= 0.6 is 0 Å². The summed E-state index contributed by atoms with van der Waals surface area (Å²) < 4.78 is 54.1. The van der Waals surface area contributed by atoms with Gasteiger partial charge in [-0.25, -0.2) is 17.6 Å². The molecule has 0 saturated heterocycles. The number of carbonyl (C=O) groups excluding carboxylic acids is 1. The number of carbonyl (C=O) groups is 1. The van der Waals surface area contributed by atoms with Crippen LogP contribution in [0.25, 0.3) is 5.57 Å². The molecule has 33 heavy (non-hydrogen) atoms. The molecule has 4 nitrogen and oxygen atoms in total. The minimum absolute atomic E-state index is 0.103. The van der Waals surface area contributed by atoms with Gasteiger partial charge in [-0.05, 0) is 75.9 Å². The van der Waals surface area contributed by atoms with E-state index in [0.717, 1.165) is 23.8 Å². The lowest BCUT2D eigenvalue weighted by atomic mass is 9.82. The van der Waals surface area contributed by atoms with Gasteiger partial charge >= 0.3 is 0 Å². The number of hydrogen-bond acceptors (Lipinski definition) is 3. The Morgan fingerprint density at radius 2 is 1.79 bits per heavy atom. The van der Waals surface area contributed by atoms with Gasteiger partial charge in [0.25, 0.3) is 6.43 Å². The first-order valence-electron chi connectivity index (χ1n) is 10.7. The molecule has 0 saturated carbocycles.